The van der Waals surface area contributed by atoms with E-state index in [0.29, 0.717) is 11.3 Å². The molecule has 0 spiro atoms. The number of fused-ring (bicyclic) bond motifs is 1. The molecule has 1 amide bonds. The van der Waals surface area contributed by atoms with Crippen LogP contribution in [0.25, 0.3) is 33.5 Å². The van der Waals surface area contributed by atoms with Crippen molar-refractivity contribution in [3.05, 3.63) is 108 Å². The van der Waals surface area contributed by atoms with Crippen molar-refractivity contribution in [1.82, 2.24) is 9.97 Å². The molecule has 0 fully saturated rings. The molecule has 5 heteroatoms. The van der Waals surface area contributed by atoms with Crippen molar-refractivity contribution in [2.45, 2.75) is 0 Å². The van der Waals surface area contributed by atoms with Gasteiger partial charge in [0.15, 0.2) is 0 Å². The van der Waals surface area contributed by atoms with Crippen molar-refractivity contribution >= 4 is 22.6 Å². The van der Waals surface area contributed by atoms with Gasteiger partial charge in [0, 0.05) is 11.3 Å². The Morgan fingerprint density at radius 2 is 1.55 bits per heavy atom. The second kappa shape index (κ2) is 7.88. The maximum absolute atomic E-state index is 13.9. The molecule has 0 atom stereocenters. The monoisotopic (exact) mass is 407 g/mol. The minimum absolute atomic E-state index is 0.285. The Morgan fingerprint density at radius 3 is 2.32 bits per heavy atom. The van der Waals surface area contributed by atoms with E-state index in [1.165, 1.54) is 12.1 Å². The highest BCUT2D eigenvalue weighted by Crippen LogP contribution is 2.26. The van der Waals surface area contributed by atoms with Gasteiger partial charge in [-0.1, -0.05) is 48.5 Å². The molecule has 0 aliphatic carbocycles. The number of para-hydroxylation sites is 2. The zero-order chi connectivity index (χ0) is 21.2. The van der Waals surface area contributed by atoms with Gasteiger partial charge in [-0.3, -0.25) is 4.79 Å². The first-order chi connectivity index (χ1) is 15.2. The standard InChI is InChI=1S/C26H18FN3O/c27-19-12-15-21(17-6-2-1-3-7-17)22(16-19)26(31)28-20-13-10-18(11-14-20)25-29-23-8-4-5-9-24(23)30-25/h1-16H,(H,28,31)(H,29,30). The van der Waals surface area contributed by atoms with E-state index in [-0.39, 0.29) is 11.5 Å². The lowest BCUT2D eigenvalue weighted by molar-refractivity contribution is 0.102. The molecule has 0 radical (unpaired) electrons. The number of anilines is 1. The number of hydrogen-bond donors (Lipinski definition) is 2. The van der Waals surface area contributed by atoms with Crippen LogP contribution < -0.4 is 5.32 Å². The summed E-state index contributed by atoms with van der Waals surface area (Å²) in [4.78, 5) is 20.8. The van der Waals surface area contributed by atoms with Gasteiger partial charge in [0.25, 0.3) is 5.91 Å². The number of amides is 1. The fraction of sp³-hybridized carbons (Fsp3) is 0. The average molecular weight is 407 g/mol. The molecule has 150 valence electrons. The quantitative estimate of drug-likeness (QED) is 0.368. The molecule has 4 nitrogen and oxygen atoms in total. The van der Waals surface area contributed by atoms with E-state index in [2.05, 4.69) is 15.3 Å². The number of aromatic amines is 1. The fourth-order valence-electron chi connectivity index (χ4n) is 3.57. The molecule has 0 saturated carbocycles. The van der Waals surface area contributed by atoms with Crippen molar-refractivity contribution in [2.24, 2.45) is 0 Å². The average Bonchev–Trinajstić information content (AvgIpc) is 3.24. The first-order valence-electron chi connectivity index (χ1n) is 9.89. The van der Waals surface area contributed by atoms with E-state index < -0.39 is 5.82 Å². The molecule has 0 aliphatic heterocycles. The number of hydrogen-bond acceptors (Lipinski definition) is 2. The van der Waals surface area contributed by atoms with Gasteiger partial charge in [-0.15, -0.1) is 0 Å². The van der Waals surface area contributed by atoms with E-state index in [4.69, 9.17) is 0 Å². The molecule has 0 aliphatic rings. The largest absolute Gasteiger partial charge is 0.338 e. The summed E-state index contributed by atoms with van der Waals surface area (Å²) in [5, 5.41) is 2.86. The van der Waals surface area contributed by atoms with Crippen molar-refractivity contribution < 1.29 is 9.18 Å². The topological polar surface area (TPSA) is 57.8 Å². The zero-order valence-electron chi connectivity index (χ0n) is 16.5. The molecule has 0 saturated heterocycles. The van der Waals surface area contributed by atoms with Gasteiger partial charge in [0.2, 0.25) is 0 Å². The van der Waals surface area contributed by atoms with Crippen LogP contribution in [0, 0.1) is 5.82 Å². The van der Waals surface area contributed by atoms with E-state index in [1.807, 2.05) is 78.9 Å². The molecule has 1 heterocycles. The van der Waals surface area contributed by atoms with Crippen LogP contribution in [0.1, 0.15) is 10.4 Å². The summed E-state index contributed by atoms with van der Waals surface area (Å²) in [6.45, 7) is 0. The summed E-state index contributed by atoms with van der Waals surface area (Å²) in [5.41, 5.74) is 5.21. The first kappa shape index (κ1) is 18.8. The predicted octanol–water partition coefficient (Wildman–Crippen LogP) is 6.29. The normalized spacial score (nSPS) is 10.9. The summed E-state index contributed by atoms with van der Waals surface area (Å²) in [7, 11) is 0. The molecule has 4 aromatic carbocycles. The number of rotatable bonds is 4. The second-order valence-corrected chi connectivity index (χ2v) is 7.19. The lowest BCUT2D eigenvalue weighted by Crippen LogP contribution is -2.13. The number of imidazole rings is 1. The van der Waals surface area contributed by atoms with Crippen LogP contribution in [-0.2, 0) is 0 Å². The Balaban J connectivity index is 1.40. The summed E-state index contributed by atoms with van der Waals surface area (Å²) in [6.07, 6.45) is 0. The number of aromatic nitrogens is 2. The fourth-order valence-corrected chi connectivity index (χ4v) is 3.57. The zero-order valence-corrected chi connectivity index (χ0v) is 16.5. The number of carbonyl (C=O) groups excluding carboxylic acids is 1. The number of benzene rings is 4. The van der Waals surface area contributed by atoms with Crippen LogP contribution in [0.2, 0.25) is 0 Å². The molecular formula is C26H18FN3O. The third-order valence-corrected chi connectivity index (χ3v) is 5.12. The van der Waals surface area contributed by atoms with E-state index >= 15 is 0 Å². The Hall–Kier alpha value is -4.25. The minimum Gasteiger partial charge on any atom is -0.338 e. The molecule has 2 N–H and O–H groups in total. The van der Waals surface area contributed by atoms with Gasteiger partial charge in [-0.05, 0) is 59.7 Å². The number of H-pyrrole nitrogens is 1. The SMILES string of the molecule is O=C(Nc1ccc(-c2nc3ccccc3[nH]2)cc1)c1cc(F)ccc1-c1ccccc1. The molecule has 5 rings (SSSR count). The van der Waals surface area contributed by atoms with Gasteiger partial charge < -0.3 is 10.3 Å². The van der Waals surface area contributed by atoms with Crippen LogP contribution in [0.4, 0.5) is 10.1 Å². The van der Waals surface area contributed by atoms with E-state index in [1.54, 1.807) is 6.07 Å². The Kier molecular flexibility index (Phi) is 4.77. The highest BCUT2D eigenvalue weighted by Gasteiger charge is 2.15. The summed E-state index contributed by atoms with van der Waals surface area (Å²) in [6, 6.07) is 28.9. The van der Waals surface area contributed by atoms with Crippen LogP contribution in [0.5, 0.6) is 0 Å². The van der Waals surface area contributed by atoms with Gasteiger partial charge in [0.1, 0.15) is 11.6 Å². The van der Waals surface area contributed by atoms with Crippen LogP contribution in [0.15, 0.2) is 97.1 Å². The predicted molar refractivity (Wildman–Crippen MR) is 121 cm³/mol. The Labute approximate surface area is 178 Å². The van der Waals surface area contributed by atoms with Crippen molar-refractivity contribution in [3.63, 3.8) is 0 Å². The molecular weight excluding hydrogens is 389 g/mol. The number of nitrogens with one attached hydrogen (secondary N) is 2. The maximum atomic E-state index is 13.9. The van der Waals surface area contributed by atoms with Crippen molar-refractivity contribution in [2.75, 3.05) is 5.32 Å². The first-order valence-corrected chi connectivity index (χ1v) is 9.89. The van der Waals surface area contributed by atoms with Crippen LogP contribution >= 0.6 is 0 Å². The van der Waals surface area contributed by atoms with Crippen molar-refractivity contribution in [3.8, 4) is 22.5 Å². The lowest BCUT2D eigenvalue weighted by atomic mass is 9.99. The third kappa shape index (κ3) is 3.81. The number of nitrogens with zero attached hydrogens (tertiary/aromatic N) is 1. The van der Waals surface area contributed by atoms with Crippen LogP contribution in [-0.4, -0.2) is 15.9 Å². The molecule has 0 unspecified atom stereocenters. The van der Waals surface area contributed by atoms with Crippen molar-refractivity contribution in [1.29, 1.82) is 0 Å². The van der Waals surface area contributed by atoms with Gasteiger partial charge in [-0.25, -0.2) is 9.37 Å². The highest BCUT2D eigenvalue weighted by atomic mass is 19.1. The Bertz CT molecular complexity index is 1340. The number of carbonyl (C=O) groups is 1. The molecule has 31 heavy (non-hydrogen) atoms. The van der Waals surface area contributed by atoms with Gasteiger partial charge in [0.05, 0.1) is 16.6 Å². The highest BCUT2D eigenvalue weighted by molar-refractivity contribution is 6.08. The molecule has 1 aromatic heterocycles. The second-order valence-electron chi connectivity index (χ2n) is 7.19. The lowest BCUT2D eigenvalue weighted by Gasteiger charge is -2.11. The summed E-state index contributed by atoms with van der Waals surface area (Å²) < 4.78 is 13.9. The van der Waals surface area contributed by atoms with Gasteiger partial charge in [-0.2, -0.15) is 0 Å². The van der Waals surface area contributed by atoms with Crippen LogP contribution in [0.3, 0.4) is 0 Å². The minimum atomic E-state index is -0.454. The van der Waals surface area contributed by atoms with E-state index in [0.717, 1.165) is 28.0 Å². The molecule has 0 bridgehead atoms. The Morgan fingerprint density at radius 1 is 0.806 bits per heavy atom. The summed E-state index contributed by atoms with van der Waals surface area (Å²) >= 11 is 0. The smallest absolute Gasteiger partial charge is 0.256 e. The van der Waals surface area contributed by atoms with E-state index in [9.17, 15) is 9.18 Å². The van der Waals surface area contributed by atoms with Gasteiger partial charge >= 0.3 is 0 Å². The molecule has 5 aromatic rings. The third-order valence-electron chi connectivity index (χ3n) is 5.12. The number of halogens is 1. The summed E-state index contributed by atoms with van der Waals surface area (Å²) in [5.74, 6) is -0.0597. The maximum Gasteiger partial charge on any atom is 0.256 e.